The lowest BCUT2D eigenvalue weighted by atomic mass is 10.2. The summed E-state index contributed by atoms with van der Waals surface area (Å²) < 4.78 is 1.79. The molecule has 2 heterocycles. The molecule has 1 unspecified atom stereocenters. The molecule has 4 N–H and O–H groups in total. The normalized spacial score (nSPS) is 19.0. The number of aryl methyl sites for hydroxylation is 1. The second-order valence-electron chi connectivity index (χ2n) is 5.79. The first kappa shape index (κ1) is 16.2. The van der Waals surface area contributed by atoms with Gasteiger partial charge in [-0.05, 0) is 13.8 Å². The summed E-state index contributed by atoms with van der Waals surface area (Å²) in [6.07, 6.45) is -0.452. The highest BCUT2D eigenvalue weighted by molar-refractivity contribution is 5.46. The van der Waals surface area contributed by atoms with Gasteiger partial charge >= 0.3 is 0 Å². The van der Waals surface area contributed by atoms with Gasteiger partial charge in [-0.15, -0.1) is 0 Å². The van der Waals surface area contributed by atoms with E-state index in [1.807, 2.05) is 13.8 Å². The first-order valence-corrected chi connectivity index (χ1v) is 7.54. The number of rotatable bonds is 6. The summed E-state index contributed by atoms with van der Waals surface area (Å²) >= 11 is 0. The molecule has 1 aromatic rings. The zero-order valence-corrected chi connectivity index (χ0v) is 13.0. The Bertz CT molecular complexity index is 454. The van der Waals surface area contributed by atoms with Crippen LogP contribution in [-0.2, 0) is 6.54 Å². The van der Waals surface area contributed by atoms with E-state index in [1.54, 1.807) is 4.68 Å². The van der Waals surface area contributed by atoms with Gasteiger partial charge in [0.15, 0.2) is 0 Å². The average Bonchev–Trinajstić information content (AvgIpc) is 2.69. The molecule has 1 aliphatic rings. The van der Waals surface area contributed by atoms with E-state index < -0.39 is 6.10 Å². The van der Waals surface area contributed by atoms with Gasteiger partial charge in [-0.3, -0.25) is 14.5 Å². The second kappa shape index (κ2) is 7.22. The van der Waals surface area contributed by atoms with Gasteiger partial charge in [0.05, 0.1) is 36.3 Å². The summed E-state index contributed by atoms with van der Waals surface area (Å²) in [5, 5.41) is 23.5. The third kappa shape index (κ3) is 4.16. The van der Waals surface area contributed by atoms with Crippen molar-refractivity contribution < 1.29 is 10.2 Å². The van der Waals surface area contributed by atoms with Gasteiger partial charge in [0, 0.05) is 39.3 Å². The Hall–Kier alpha value is -1.15. The first-order chi connectivity index (χ1) is 10.0. The fraction of sp³-hybridized carbons (Fsp3) is 0.786. The standard InChI is InChI=1S/C14H27N5O2/c1-11-14(15)12(2)19(16-11)10-13(21)9-18-5-3-17(4-6-18)7-8-20/h13,20-21H,3-10,15H2,1-2H3. The molecule has 0 bridgehead atoms. The van der Waals surface area contributed by atoms with E-state index in [4.69, 9.17) is 10.8 Å². The number of β-amino-alcohol motifs (C(OH)–C–C–N with tert-alkyl or cyclic N) is 2. The summed E-state index contributed by atoms with van der Waals surface area (Å²) in [4.78, 5) is 4.50. The van der Waals surface area contributed by atoms with Gasteiger partial charge in [0.25, 0.3) is 0 Å². The Morgan fingerprint density at radius 2 is 1.76 bits per heavy atom. The van der Waals surface area contributed by atoms with Crippen LogP contribution >= 0.6 is 0 Å². The SMILES string of the molecule is Cc1nn(CC(O)CN2CCN(CCO)CC2)c(C)c1N. The molecule has 1 atom stereocenters. The van der Waals surface area contributed by atoms with E-state index >= 15 is 0 Å². The molecule has 1 aliphatic heterocycles. The maximum Gasteiger partial charge on any atom is 0.0862 e. The third-order valence-corrected chi connectivity index (χ3v) is 4.17. The van der Waals surface area contributed by atoms with Crippen molar-refractivity contribution in [3.05, 3.63) is 11.4 Å². The molecule has 1 saturated heterocycles. The smallest absolute Gasteiger partial charge is 0.0862 e. The van der Waals surface area contributed by atoms with Crippen LogP contribution in [-0.4, -0.2) is 81.8 Å². The molecule has 7 heteroatoms. The van der Waals surface area contributed by atoms with Crippen LogP contribution in [0.2, 0.25) is 0 Å². The third-order valence-electron chi connectivity index (χ3n) is 4.17. The minimum absolute atomic E-state index is 0.210. The van der Waals surface area contributed by atoms with E-state index in [1.165, 1.54) is 0 Å². The van der Waals surface area contributed by atoms with Crippen LogP contribution in [0.1, 0.15) is 11.4 Å². The van der Waals surface area contributed by atoms with E-state index in [0.717, 1.165) is 44.1 Å². The van der Waals surface area contributed by atoms with Crippen LogP contribution in [0, 0.1) is 13.8 Å². The quantitative estimate of drug-likeness (QED) is 0.627. The highest BCUT2D eigenvalue weighted by atomic mass is 16.3. The first-order valence-electron chi connectivity index (χ1n) is 7.54. The Morgan fingerprint density at radius 3 is 2.29 bits per heavy atom. The Kier molecular flexibility index (Phi) is 5.58. The number of hydrogen-bond donors (Lipinski definition) is 3. The van der Waals surface area contributed by atoms with Crippen molar-refractivity contribution in [3.63, 3.8) is 0 Å². The van der Waals surface area contributed by atoms with Crippen molar-refractivity contribution in [3.8, 4) is 0 Å². The molecule has 1 aromatic heterocycles. The summed E-state index contributed by atoms with van der Waals surface area (Å²) in [6.45, 7) is 9.61. The molecule has 0 aliphatic carbocycles. The predicted molar refractivity (Wildman–Crippen MR) is 82.1 cm³/mol. The van der Waals surface area contributed by atoms with Crippen LogP contribution in [0.3, 0.4) is 0 Å². The zero-order valence-electron chi connectivity index (χ0n) is 13.0. The van der Waals surface area contributed by atoms with Crippen molar-refractivity contribution in [2.75, 3.05) is 51.6 Å². The van der Waals surface area contributed by atoms with Crippen molar-refractivity contribution in [1.29, 1.82) is 0 Å². The number of hydrogen-bond acceptors (Lipinski definition) is 6. The highest BCUT2D eigenvalue weighted by Gasteiger charge is 2.20. The van der Waals surface area contributed by atoms with Gasteiger partial charge in [0.2, 0.25) is 0 Å². The van der Waals surface area contributed by atoms with Crippen molar-refractivity contribution in [1.82, 2.24) is 19.6 Å². The van der Waals surface area contributed by atoms with Gasteiger partial charge in [-0.1, -0.05) is 0 Å². The summed E-state index contributed by atoms with van der Waals surface area (Å²) in [5.41, 5.74) is 8.35. The molecule has 0 spiro atoms. The molecule has 0 radical (unpaired) electrons. The Balaban J connectivity index is 1.80. The van der Waals surface area contributed by atoms with Gasteiger partial charge in [0.1, 0.15) is 0 Å². The molecule has 0 aromatic carbocycles. The number of aliphatic hydroxyl groups is 2. The molecular formula is C14H27N5O2. The summed E-state index contributed by atoms with van der Waals surface area (Å²) in [6, 6.07) is 0. The van der Waals surface area contributed by atoms with Gasteiger partial charge < -0.3 is 15.9 Å². The fourth-order valence-corrected chi connectivity index (χ4v) is 2.78. The molecule has 1 fully saturated rings. The lowest BCUT2D eigenvalue weighted by Gasteiger charge is -2.35. The van der Waals surface area contributed by atoms with Crippen molar-refractivity contribution >= 4 is 5.69 Å². The largest absolute Gasteiger partial charge is 0.396 e. The minimum atomic E-state index is -0.452. The van der Waals surface area contributed by atoms with Gasteiger partial charge in [-0.25, -0.2) is 0 Å². The maximum atomic E-state index is 10.3. The monoisotopic (exact) mass is 297 g/mol. The van der Waals surface area contributed by atoms with Gasteiger partial charge in [-0.2, -0.15) is 5.10 Å². The second-order valence-corrected chi connectivity index (χ2v) is 5.79. The predicted octanol–water partition coefficient (Wildman–Crippen LogP) is -0.947. The van der Waals surface area contributed by atoms with Crippen LogP contribution < -0.4 is 5.73 Å². The van der Waals surface area contributed by atoms with E-state index in [-0.39, 0.29) is 6.61 Å². The average molecular weight is 297 g/mol. The number of nitrogens with two attached hydrogens (primary N) is 1. The number of anilines is 1. The fourth-order valence-electron chi connectivity index (χ4n) is 2.78. The van der Waals surface area contributed by atoms with E-state index in [9.17, 15) is 5.11 Å². The summed E-state index contributed by atoms with van der Waals surface area (Å²) in [5.74, 6) is 0. The maximum absolute atomic E-state index is 10.3. The molecular weight excluding hydrogens is 270 g/mol. The number of aliphatic hydroxyl groups excluding tert-OH is 2. The Morgan fingerprint density at radius 1 is 1.14 bits per heavy atom. The van der Waals surface area contributed by atoms with Crippen molar-refractivity contribution in [2.24, 2.45) is 0 Å². The topological polar surface area (TPSA) is 90.8 Å². The zero-order chi connectivity index (χ0) is 15.4. The molecule has 21 heavy (non-hydrogen) atoms. The number of nitrogens with zero attached hydrogens (tertiary/aromatic N) is 4. The minimum Gasteiger partial charge on any atom is -0.396 e. The van der Waals surface area contributed by atoms with Crippen LogP contribution in [0.15, 0.2) is 0 Å². The molecule has 7 nitrogen and oxygen atoms in total. The molecule has 0 saturated carbocycles. The van der Waals surface area contributed by atoms with Crippen LogP contribution in [0.4, 0.5) is 5.69 Å². The number of piperazine rings is 1. The molecule has 2 rings (SSSR count). The molecule has 120 valence electrons. The van der Waals surface area contributed by atoms with E-state index in [2.05, 4.69) is 14.9 Å². The van der Waals surface area contributed by atoms with Crippen LogP contribution in [0.25, 0.3) is 0 Å². The van der Waals surface area contributed by atoms with E-state index in [0.29, 0.717) is 18.8 Å². The van der Waals surface area contributed by atoms with Crippen molar-refractivity contribution in [2.45, 2.75) is 26.5 Å². The number of aromatic nitrogens is 2. The Labute approximate surface area is 125 Å². The molecule has 0 amide bonds. The summed E-state index contributed by atoms with van der Waals surface area (Å²) in [7, 11) is 0. The van der Waals surface area contributed by atoms with Crippen LogP contribution in [0.5, 0.6) is 0 Å². The number of nitrogen functional groups attached to an aromatic ring is 1. The highest BCUT2D eigenvalue weighted by Crippen LogP contribution is 2.15. The lowest BCUT2D eigenvalue weighted by molar-refractivity contribution is 0.0572. The lowest BCUT2D eigenvalue weighted by Crippen LogP contribution is -2.49.